The second-order valence-corrected chi connectivity index (χ2v) is 16.3. The number of rotatable bonds is 39. The number of hydrogen-bond donors (Lipinski definition) is 3. The molecule has 6 unspecified atom stereocenters. The molecule has 12 heteroatoms. The molecular weight excluding hydrogens is 901 g/mol. The van der Waals surface area contributed by atoms with Gasteiger partial charge in [-0.15, -0.1) is 0 Å². The highest BCUT2D eigenvalue weighted by Crippen LogP contribution is 2.26. The van der Waals surface area contributed by atoms with Gasteiger partial charge in [-0.05, 0) is 96.3 Å². The van der Waals surface area contributed by atoms with Gasteiger partial charge in [-0.1, -0.05) is 179 Å². The molecule has 1 rings (SSSR count). The van der Waals surface area contributed by atoms with E-state index in [9.17, 15) is 34.5 Å². The molecule has 3 N–H and O–H groups in total. The Morgan fingerprint density at radius 1 is 0.465 bits per heavy atom. The van der Waals surface area contributed by atoms with Gasteiger partial charge in [0.2, 0.25) is 0 Å². The summed E-state index contributed by atoms with van der Waals surface area (Å²) in [5.74, 6) is -3.54. The highest BCUT2D eigenvalue weighted by molar-refractivity contribution is 5.74. The fourth-order valence-corrected chi connectivity index (χ4v) is 6.35. The molecular formula is C59H84O12. The Morgan fingerprint density at radius 2 is 0.831 bits per heavy atom. The molecule has 0 aliphatic carbocycles. The van der Waals surface area contributed by atoms with Gasteiger partial charge in [0, 0.05) is 12.8 Å². The summed E-state index contributed by atoms with van der Waals surface area (Å²) < 4.78 is 27.9. The summed E-state index contributed by atoms with van der Waals surface area (Å²) in [7, 11) is 0. The van der Waals surface area contributed by atoms with Crippen LogP contribution in [0, 0.1) is 0 Å². The molecule has 6 atom stereocenters. The Hall–Kier alpha value is -5.66. The smallest absolute Gasteiger partial charge is 0.335 e. The molecule has 71 heavy (non-hydrogen) atoms. The highest BCUT2D eigenvalue weighted by Gasteiger charge is 2.50. The van der Waals surface area contributed by atoms with E-state index in [-0.39, 0.29) is 19.3 Å². The molecule has 1 heterocycles. The van der Waals surface area contributed by atoms with Crippen molar-refractivity contribution in [2.45, 2.75) is 173 Å². The first-order valence-corrected chi connectivity index (χ1v) is 25.5. The van der Waals surface area contributed by atoms with Crippen molar-refractivity contribution >= 4 is 23.9 Å². The number of aliphatic carboxylic acids is 1. The monoisotopic (exact) mass is 985 g/mol. The predicted molar refractivity (Wildman–Crippen MR) is 284 cm³/mol. The van der Waals surface area contributed by atoms with Gasteiger partial charge >= 0.3 is 23.9 Å². The van der Waals surface area contributed by atoms with Crippen LogP contribution in [0.5, 0.6) is 0 Å². The van der Waals surface area contributed by atoms with E-state index < -0.39 is 73.9 Å². The third-order valence-electron chi connectivity index (χ3n) is 10.1. The number of carbonyl (C=O) groups excluding carboxylic acids is 3. The number of carbonyl (C=O) groups is 4. The average Bonchev–Trinajstić information content (AvgIpc) is 3.35. The summed E-state index contributed by atoms with van der Waals surface area (Å²) in [5.41, 5.74) is 0. The van der Waals surface area contributed by atoms with E-state index in [1.54, 1.807) is 6.08 Å². The second-order valence-electron chi connectivity index (χ2n) is 16.3. The molecule has 0 saturated carbocycles. The zero-order chi connectivity index (χ0) is 51.8. The van der Waals surface area contributed by atoms with Crippen molar-refractivity contribution in [1.82, 2.24) is 0 Å². The maximum absolute atomic E-state index is 13.0. The number of hydrogen-bond acceptors (Lipinski definition) is 11. The third kappa shape index (κ3) is 36.0. The molecule has 0 aromatic rings. The summed E-state index contributed by atoms with van der Waals surface area (Å²) in [6.45, 7) is 5.39. The number of allylic oxidation sites excluding steroid dienone is 25. The predicted octanol–water partition coefficient (Wildman–Crippen LogP) is 12.2. The lowest BCUT2D eigenvalue weighted by Gasteiger charge is -2.40. The maximum Gasteiger partial charge on any atom is 0.335 e. The first-order valence-electron chi connectivity index (χ1n) is 25.5. The van der Waals surface area contributed by atoms with Crippen LogP contribution >= 0.6 is 0 Å². The van der Waals surface area contributed by atoms with E-state index >= 15 is 0 Å². The van der Waals surface area contributed by atoms with Gasteiger partial charge in [-0.25, -0.2) is 4.79 Å². The summed E-state index contributed by atoms with van der Waals surface area (Å²) in [5, 5.41) is 31.3. The second kappa shape index (κ2) is 45.5. The van der Waals surface area contributed by atoms with E-state index in [2.05, 4.69) is 118 Å². The largest absolute Gasteiger partial charge is 0.479 e. The summed E-state index contributed by atoms with van der Waals surface area (Å²) in [6.07, 6.45) is 54.4. The Morgan fingerprint density at radius 3 is 1.23 bits per heavy atom. The minimum absolute atomic E-state index is 0.00412. The lowest BCUT2D eigenvalue weighted by molar-refractivity contribution is -0.301. The Balaban J connectivity index is 2.90. The summed E-state index contributed by atoms with van der Waals surface area (Å²) >= 11 is 0. The fraction of sp³-hybridized carbons (Fsp3) is 0.492. The van der Waals surface area contributed by atoms with Gasteiger partial charge in [0.25, 0.3) is 0 Å². The van der Waals surface area contributed by atoms with Gasteiger partial charge in [-0.3, -0.25) is 14.4 Å². The minimum atomic E-state index is -1.96. The molecule has 12 nitrogen and oxygen atoms in total. The highest BCUT2D eigenvalue weighted by atomic mass is 16.7. The van der Waals surface area contributed by atoms with Gasteiger partial charge in [0.1, 0.15) is 18.8 Å². The number of carboxylic acids is 1. The van der Waals surface area contributed by atoms with Crippen LogP contribution in [0.2, 0.25) is 0 Å². The molecule has 392 valence electrons. The van der Waals surface area contributed by atoms with Crippen LogP contribution in [-0.2, 0) is 42.9 Å². The van der Waals surface area contributed by atoms with E-state index in [1.807, 2.05) is 54.7 Å². The van der Waals surface area contributed by atoms with Crippen molar-refractivity contribution < 1.29 is 58.2 Å². The summed E-state index contributed by atoms with van der Waals surface area (Å²) in [6, 6.07) is 0. The van der Waals surface area contributed by atoms with Crippen LogP contribution in [0.3, 0.4) is 0 Å². The minimum Gasteiger partial charge on any atom is -0.479 e. The van der Waals surface area contributed by atoms with Gasteiger partial charge in [0.05, 0.1) is 13.0 Å². The molecule has 0 aromatic heterocycles. The number of aliphatic hydroxyl groups is 2. The van der Waals surface area contributed by atoms with Crippen molar-refractivity contribution in [2.75, 3.05) is 13.2 Å². The number of ether oxygens (including phenoxy) is 5. The van der Waals surface area contributed by atoms with Crippen LogP contribution in [0.1, 0.15) is 136 Å². The summed E-state index contributed by atoms with van der Waals surface area (Å²) in [4.78, 5) is 50.7. The molecule has 1 saturated heterocycles. The molecule has 0 aromatic carbocycles. The molecule has 1 aliphatic heterocycles. The van der Waals surface area contributed by atoms with Crippen LogP contribution in [-0.4, -0.2) is 89.2 Å². The van der Waals surface area contributed by atoms with Crippen molar-refractivity contribution in [1.29, 1.82) is 0 Å². The lowest BCUT2D eigenvalue weighted by atomic mass is 9.98. The van der Waals surface area contributed by atoms with Gasteiger partial charge in [-0.2, -0.15) is 0 Å². The number of esters is 3. The van der Waals surface area contributed by atoms with Crippen LogP contribution in [0.4, 0.5) is 0 Å². The van der Waals surface area contributed by atoms with E-state index in [1.165, 1.54) is 0 Å². The fourth-order valence-electron chi connectivity index (χ4n) is 6.35. The first-order chi connectivity index (χ1) is 34.6. The SMILES string of the molecule is CC/C=C\C/C=C\C/C=C\C/C=C\C/C=C\CC(=O)OCC(COC1OC(C(=O)O)C(O)C(O)C1OC(=O)CC/C=C\C/C=C\C/C=C\C/C=C\CC)OC(=O)CC/C=C\C/C=C\C/C=C\C/C=C\CC. The lowest BCUT2D eigenvalue weighted by Crippen LogP contribution is -2.61. The average molecular weight is 985 g/mol. The first kappa shape index (κ1) is 63.4. The van der Waals surface area contributed by atoms with Crippen molar-refractivity contribution in [3.63, 3.8) is 0 Å². The number of carboxylic acid groups (broad SMARTS) is 1. The van der Waals surface area contributed by atoms with Crippen molar-refractivity contribution in [3.05, 3.63) is 158 Å². The maximum atomic E-state index is 13.0. The molecule has 0 bridgehead atoms. The zero-order valence-electron chi connectivity index (χ0n) is 42.6. The third-order valence-corrected chi connectivity index (χ3v) is 10.1. The molecule has 1 aliphatic rings. The van der Waals surface area contributed by atoms with Crippen LogP contribution in [0.25, 0.3) is 0 Å². The van der Waals surface area contributed by atoms with E-state index in [4.69, 9.17) is 23.7 Å². The Labute approximate surface area is 425 Å². The van der Waals surface area contributed by atoms with Crippen molar-refractivity contribution in [3.8, 4) is 0 Å². The quantitative estimate of drug-likeness (QED) is 0.0302. The van der Waals surface area contributed by atoms with E-state index in [0.29, 0.717) is 32.1 Å². The van der Waals surface area contributed by atoms with Crippen LogP contribution in [0.15, 0.2) is 158 Å². The molecule has 1 fully saturated rings. The topological polar surface area (TPSA) is 175 Å². The van der Waals surface area contributed by atoms with Crippen molar-refractivity contribution in [2.24, 2.45) is 0 Å². The number of aliphatic hydroxyl groups excluding tert-OH is 2. The normalized spacial score (nSPS) is 19.8. The standard InChI is InChI=1S/C59H84O12/c1-4-7-10-13-16-19-22-25-26-29-30-33-36-39-42-45-51(60)67-48-50(69-52(61)46-43-40-37-34-31-27-23-20-17-14-11-8-5-2)49-68-59-57(55(64)54(63)56(71-59)58(65)66)70-53(62)47-44-41-38-35-32-28-24-21-18-15-12-9-6-3/h7-12,16-21,25-28,30-33,37-42,50,54-57,59,63-64H,4-6,13-15,22-24,29,34-36,43-49H2,1-3H3,(H,65,66)/b10-7-,11-8-,12-9-,19-16-,20-17-,21-18-,26-25-,31-27-,32-28-,33-30-,40-37-,41-38-,42-39-. The molecule has 0 amide bonds. The van der Waals surface area contributed by atoms with Gasteiger partial charge in [0.15, 0.2) is 24.6 Å². The van der Waals surface area contributed by atoms with E-state index in [0.717, 1.165) is 64.2 Å². The Kier molecular flexibility index (Phi) is 40.6. The van der Waals surface area contributed by atoms with Crippen LogP contribution < -0.4 is 0 Å². The Bertz CT molecular complexity index is 1840. The molecule has 0 radical (unpaired) electrons. The zero-order valence-corrected chi connectivity index (χ0v) is 42.6. The van der Waals surface area contributed by atoms with Gasteiger partial charge < -0.3 is 39.0 Å². The molecule has 0 spiro atoms.